The number of ether oxygens (including phenoxy) is 1. The lowest BCUT2D eigenvalue weighted by Gasteiger charge is -2.08. The Hall–Kier alpha value is -1.79. The molecule has 0 saturated carbocycles. The average Bonchev–Trinajstić information content (AvgIpc) is 3.09. The third-order valence-electron chi connectivity index (χ3n) is 3.85. The molecule has 0 amide bonds. The van der Waals surface area contributed by atoms with Crippen LogP contribution in [0.25, 0.3) is 22.1 Å². The highest BCUT2D eigenvalue weighted by Crippen LogP contribution is 2.21. The predicted octanol–water partition coefficient (Wildman–Crippen LogP) is 2.24. The third kappa shape index (κ3) is 1.83. The number of benzene rings is 1. The predicted molar refractivity (Wildman–Crippen MR) is 78.0 cm³/mol. The fourth-order valence-electron chi connectivity index (χ4n) is 2.85. The van der Waals surface area contributed by atoms with Gasteiger partial charge in [0.1, 0.15) is 5.52 Å². The zero-order chi connectivity index (χ0) is 13.5. The molecule has 3 aromatic rings. The van der Waals surface area contributed by atoms with Gasteiger partial charge in [-0.25, -0.2) is 4.57 Å². The molecule has 0 bridgehead atoms. The van der Waals surface area contributed by atoms with E-state index in [1.165, 1.54) is 0 Å². The van der Waals surface area contributed by atoms with Crippen molar-refractivity contribution in [1.82, 2.24) is 15.2 Å². The van der Waals surface area contributed by atoms with Crippen molar-refractivity contribution in [2.75, 3.05) is 6.61 Å². The minimum absolute atomic E-state index is 0.243. The molecule has 1 aliphatic rings. The summed E-state index contributed by atoms with van der Waals surface area (Å²) in [6, 6.07) is 8.15. The number of H-pyrrole nitrogens is 2. The zero-order valence-electron chi connectivity index (χ0n) is 10.9. The van der Waals surface area contributed by atoms with Gasteiger partial charge in [0.2, 0.25) is 0 Å². The van der Waals surface area contributed by atoms with Gasteiger partial charge < -0.3 is 4.74 Å². The van der Waals surface area contributed by atoms with E-state index in [-0.39, 0.29) is 6.10 Å². The first-order valence-electron chi connectivity index (χ1n) is 6.83. The molecule has 0 radical (unpaired) electrons. The summed E-state index contributed by atoms with van der Waals surface area (Å²) in [7, 11) is 0. The first kappa shape index (κ1) is 12.0. The van der Waals surface area contributed by atoms with Crippen LogP contribution in [0, 0.1) is 4.77 Å². The van der Waals surface area contributed by atoms with E-state index in [1.807, 2.05) is 12.1 Å². The summed E-state index contributed by atoms with van der Waals surface area (Å²) < 4.78 is 8.41. The molecule has 2 aromatic heterocycles. The SMILES string of the molecule is S=c1[nH]nc2c3ccccc3[nH]c2[n+]1CC1CCCO1. The van der Waals surface area contributed by atoms with E-state index >= 15 is 0 Å². The number of nitrogens with one attached hydrogen (secondary N) is 2. The molecule has 1 fully saturated rings. The van der Waals surface area contributed by atoms with Crippen LogP contribution in [0.5, 0.6) is 0 Å². The van der Waals surface area contributed by atoms with Crippen LogP contribution in [0.15, 0.2) is 24.3 Å². The molecule has 4 rings (SSSR count). The van der Waals surface area contributed by atoms with E-state index < -0.39 is 0 Å². The summed E-state index contributed by atoms with van der Waals surface area (Å²) in [6.45, 7) is 1.61. The van der Waals surface area contributed by atoms with Crippen LogP contribution in [0.2, 0.25) is 0 Å². The van der Waals surface area contributed by atoms with Crippen molar-refractivity contribution in [2.45, 2.75) is 25.5 Å². The maximum Gasteiger partial charge on any atom is 0.314 e. The first-order chi connectivity index (χ1) is 9.83. The van der Waals surface area contributed by atoms with Gasteiger partial charge >= 0.3 is 4.77 Å². The lowest BCUT2D eigenvalue weighted by Crippen LogP contribution is -2.42. The van der Waals surface area contributed by atoms with Crippen LogP contribution in [-0.4, -0.2) is 27.9 Å². The molecular formula is C14H15N4OS+. The molecule has 1 saturated heterocycles. The van der Waals surface area contributed by atoms with E-state index in [1.54, 1.807) is 0 Å². The molecule has 1 atom stereocenters. The Morgan fingerprint density at radius 1 is 1.40 bits per heavy atom. The van der Waals surface area contributed by atoms with Crippen molar-refractivity contribution in [3.05, 3.63) is 29.0 Å². The number of nitrogens with zero attached hydrogens (tertiary/aromatic N) is 2. The monoisotopic (exact) mass is 287 g/mol. The van der Waals surface area contributed by atoms with Crippen LogP contribution in [0.1, 0.15) is 12.8 Å². The van der Waals surface area contributed by atoms with Gasteiger partial charge in [0.25, 0.3) is 5.65 Å². The van der Waals surface area contributed by atoms with Crippen molar-refractivity contribution in [2.24, 2.45) is 0 Å². The fourth-order valence-corrected chi connectivity index (χ4v) is 3.06. The quantitative estimate of drug-likeness (QED) is 0.561. The van der Waals surface area contributed by atoms with E-state index in [9.17, 15) is 0 Å². The molecule has 5 nitrogen and oxygen atoms in total. The van der Waals surface area contributed by atoms with Crippen molar-refractivity contribution in [3.63, 3.8) is 0 Å². The smallest absolute Gasteiger partial charge is 0.314 e. The highest BCUT2D eigenvalue weighted by Gasteiger charge is 2.22. The summed E-state index contributed by atoms with van der Waals surface area (Å²) in [5.41, 5.74) is 2.96. The zero-order valence-corrected chi connectivity index (χ0v) is 11.7. The number of hydrogen-bond acceptors (Lipinski definition) is 3. The molecule has 1 aliphatic heterocycles. The van der Waals surface area contributed by atoms with Crippen LogP contribution < -0.4 is 4.57 Å². The average molecular weight is 287 g/mol. The minimum atomic E-state index is 0.243. The Kier molecular flexibility index (Phi) is 2.78. The summed E-state index contributed by atoms with van der Waals surface area (Å²) in [5, 5.41) is 8.44. The van der Waals surface area contributed by atoms with Gasteiger partial charge in [-0.3, -0.25) is 4.98 Å². The van der Waals surface area contributed by atoms with Crippen LogP contribution >= 0.6 is 12.2 Å². The maximum atomic E-state index is 5.72. The van der Waals surface area contributed by atoms with Gasteiger partial charge in [-0.1, -0.05) is 12.1 Å². The number of aromatic amines is 2. The van der Waals surface area contributed by atoms with Crippen molar-refractivity contribution in [1.29, 1.82) is 0 Å². The number of aromatic nitrogens is 4. The van der Waals surface area contributed by atoms with Gasteiger partial charge in [-0.15, -0.1) is 5.10 Å². The highest BCUT2D eigenvalue weighted by molar-refractivity contribution is 7.71. The third-order valence-corrected chi connectivity index (χ3v) is 4.16. The molecular weight excluding hydrogens is 272 g/mol. The number of hydrogen-bond donors (Lipinski definition) is 2. The lowest BCUT2D eigenvalue weighted by molar-refractivity contribution is -0.689. The number of fused-ring (bicyclic) bond motifs is 3. The molecule has 0 spiro atoms. The summed E-state index contributed by atoms with van der Waals surface area (Å²) in [4.78, 5) is 3.42. The standard InChI is InChI=1S/C14H14N4OS/c20-14-17-16-12-10-5-1-2-6-11(10)15-13(12)18(14)8-9-4-3-7-19-9/h1-2,5-6,9H,3-4,7-8H2,(H,15,17,20)/p+1. The second kappa shape index (κ2) is 4.64. The molecule has 2 N–H and O–H groups in total. The van der Waals surface area contributed by atoms with Gasteiger partial charge in [-0.2, -0.15) is 5.10 Å². The molecule has 3 heterocycles. The van der Waals surface area contributed by atoms with Gasteiger partial charge in [0.15, 0.2) is 5.52 Å². The lowest BCUT2D eigenvalue weighted by atomic mass is 10.2. The Morgan fingerprint density at radius 2 is 2.30 bits per heavy atom. The van der Waals surface area contributed by atoms with Crippen molar-refractivity contribution < 1.29 is 9.30 Å². The topological polar surface area (TPSA) is 57.6 Å². The Morgan fingerprint density at radius 3 is 3.15 bits per heavy atom. The molecule has 1 aromatic carbocycles. The Bertz CT molecular complexity index is 832. The largest absolute Gasteiger partial charge is 0.375 e. The van der Waals surface area contributed by atoms with E-state index in [0.29, 0.717) is 4.77 Å². The fraction of sp³-hybridized carbons (Fsp3) is 0.357. The molecule has 6 heteroatoms. The van der Waals surface area contributed by atoms with Crippen LogP contribution in [-0.2, 0) is 11.3 Å². The Balaban J connectivity index is 1.93. The molecule has 1 unspecified atom stereocenters. The van der Waals surface area contributed by atoms with E-state index in [2.05, 4.69) is 31.9 Å². The van der Waals surface area contributed by atoms with E-state index in [4.69, 9.17) is 17.0 Å². The number of rotatable bonds is 2. The first-order valence-corrected chi connectivity index (χ1v) is 7.24. The number of para-hydroxylation sites is 1. The molecule has 20 heavy (non-hydrogen) atoms. The highest BCUT2D eigenvalue weighted by atomic mass is 32.1. The van der Waals surface area contributed by atoms with Gasteiger partial charge in [0.05, 0.1) is 12.6 Å². The maximum absolute atomic E-state index is 5.72. The summed E-state index contributed by atoms with van der Waals surface area (Å²) in [5.74, 6) is 0. The van der Waals surface area contributed by atoms with Crippen molar-refractivity contribution in [3.8, 4) is 0 Å². The summed E-state index contributed by atoms with van der Waals surface area (Å²) >= 11 is 5.39. The normalized spacial score (nSPS) is 19.1. The van der Waals surface area contributed by atoms with Gasteiger partial charge in [0, 0.05) is 12.0 Å². The van der Waals surface area contributed by atoms with Crippen LogP contribution in [0.4, 0.5) is 0 Å². The summed E-state index contributed by atoms with van der Waals surface area (Å²) in [6.07, 6.45) is 2.46. The second-order valence-electron chi connectivity index (χ2n) is 5.14. The Labute approximate surface area is 120 Å². The van der Waals surface area contributed by atoms with Crippen LogP contribution in [0.3, 0.4) is 0 Å². The van der Waals surface area contributed by atoms with Gasteiger partial charge in [-0.05, 0) is 37.2 Å². The second-order valence-corrected chi connectivity index (χ2v) is 5.53. The van der Waals surface area contributed by atoms with Crippen molar-refractivity contribution >= 4 is 34.3 Å². The minimum Gasteiger partial charge on any atom is -0.375 e. The van der Waals surface area contributed by atoms with E-state index in [0.717, 1.165) is 48.1 Å². The molecule has 102 valence electrons. The molecule has 0 aliphatic carbocycles.